The van der Waals surface area contributed by atoms with Gasteiger partial charge in [0.05, 0.1) is 5.69 Å². The molecule has 2 saturated heterocycles. The molecule has 0 saturated carbocycles. The molecule has 4 rings (SSSR count). The molecule has 4 nitrogen and oxygen atoms in total. The zero-order chi connectivity index (χ0) is 17.9. The van der Waals surface area contributed by atoms with Crippen molar-refractivity contribution < 1.29 is 4.79 Å². The Bertz CT molecular complexity index is 756. The Labute approximate surface area is 159 Å². The molecule has 0 bridgehead atoms. The number of aryl methyl sites for hydroxylation is 1. The molecule has 138 valence electrons. The van der Waals surface area contributed by atoms with Crippen molar-refractivity contribution in [2.24, 2.45) is 5.92 Å². The molecule has 0 radical (unpaired) electrons. The highest BCUT2D eigenvalue weighted by atomic mass is 32.1. The van der Waals surface area contributed by atoms with Gasteiger partial charge in [0.1, 0.15) is 9.88 Å². The number of carbonyl (C=O) groups is 1. The van der Waals surface area contributed by atoms with Gasteiger partial charge in [-0.3, -0.25) is 4.79 Å². The fourth-order valence-corrected chi connectivity index (χ4v) is 5.42. The predicted molar refractivity (Wildman–Crippen MR) is 107 cm³/mol. The summed E-state index contributed by atoms with van der Waals surface area (Å²) < 4.78 is 0. The van der Waals surface area contributed by atoms with Crippen molar-refractivity contribution in [1.82, 2.24) is 15.2 Å². The van der Waals surface area contributed by atoms with Gasteiger partial charge in [-0.2, -0.15) is 0 Å². The minimum absolute atomic E-state index is 0.0371. The number of hydrogen-bond acceptors (Lipinski definition) is 4. The highest BCUT2D eigenvalue weighted by molar-refractivity contribution is 7.17. The number of nitrogens with zero attached hydrogens (tertiary/aromatic N) is 2. The summed E-state index contributed by atoms with van der Waals surface area (Å²) in [6, 6.07) is 10.8. The van der Waals surface area contributed by atoms with Crippen LogP contribution in [-0.2, 0) is 0 Å². The van der Waals surface area contributed by atoms with E-state index in [9.17, 15) is 4.79 Å². The van der Waals surface area contributed by atoms with E-state index in [1.54, 1.807) is 0 Å². The van der Waals surface area contributed by atoms with Gasteiger partial charge in [-0.25, -0.2) is 4.98 Å². The van der Waals surface area contributed by atoms with Gasteiger partial charge >= 0.3 is 0 Å². The van der Waals surface area contributed by atoms with E-state index in [1.165, 1.54) is 56.5 Å². The molecule has 2 fully saturated rings. The first-order valence-electron chi connectivity index (χ1n) is 9.77. The second kappa shape index (κ2) is 7.89. The number of carbonyl (C=O) groups excluding carboxylic acids is 1. The molecule has 3 heterocycles. The molecule has 5 heteroatoms. The van der Waals surface area contributed by atoms with Gasteiger partial charge in [0.15, 0.2) is 0 Å². The first kappa shape index (κ1) is 17.7. The fraction of sp³-hybridized carbons (Fsp3) is 0.524. The quantitative estimate of drug-likeness (QED) is 0.882. The Morgan fingerprint density at radius 1 is 1.19 bits per heavy atom. The number of nitrogens with one attached hydrogen (secondary N) is 1. The van der Waals surface area contributed by atoms with E-state index in [2.05, 4.69) is 15.2 Å². The first-order valence-corrected chi connectivity index (χ1v) is 10.6. The molecular weight excluding hydrogens is 342 g/mol. The van der Waals surface area contributed by atoms with E-state index in [1.807, 2.05) is 37.3 Å². The van der Waals surface area contributed by atoms with Crippen LogP contribution >= 0.6 is 11.3 Å². The summed E-state index contributed by atoms with van der Waals surface area (Å²) in [5.74, 6) is 0.630. The molecule has 1 aromatic heterocycles. The highest BCUT2D eigenvalue weighted by Crippen LogP contribution is 2.31. The third-order valence-electron chi connectivity index (χ3n) is 5.78. The smallest absolute Gasteiger partial charge is 0.263 e. The Balaban J connectivity index is 1.41. The van der Waals surface area contributed by atoms with Crippen LogP contribution < -0.4 is 5.32 Å². The number of piperidine rings is 2. The van der Waals surface area contributed by atoms with Crippen molar-refractivity contribution in [2.45, 2.75) is 45.1 Å². The molecule has 1 aromatic carbocycles. The SMILES string of the molecule is Cc1nc(-c2ccccc2)sc1C(=O)NC[C@@H]1CCCN2CCCC[C@H]12. The summed E-state index contributed by atoms with van der Waals surface area (Å²) in [5, 5.41) is 4.13. The van der Waals surface area contributed by atoms with Gasteiger partial charge < -0.3 is 10.2 Å². The zero-order valence-corrected chi connectivity index (χ0v) is 16.2. The van der Waals surface area contributed by atoms with Crippen LogP contribution in [0.4, 0.5) is 0 Å². The normalized spacial score (nSPS) is 23.4. The van der Waals surface area contributed by atoms with E-state index in [0.29, 0.717) is 12.0 Å². The largest absolute Gasteiger partial charge is 0.351 e. The molecular formula is C21H27N3OS. The molecule has 26 heavy (non-hydrogen) atoms. The lowest BCUT2D eigenvalue weighted by Gasteiger charge is -2.44. The summed E-state index contributed by atoms with van der Waals surface area (Å²) in [5.41, 5.74) is 1.90. The van der Waals surface area contributed by atoms with Crippen molar-refractivity contribution in [2.75, 3.05) is 19.6 Å². The number of amides is 1. The fourth-order valence-electron chi connectivity index (χ4n) is 4.43. The molecule has 2 aliphatic heterocycles. The summed E-state index contributed by atoms with van der Waals surface area (Å²) in [6.07, 6.45) is 6.45. The van der Waals surface area contributed by atoms with Crippen molar-refractivity contribution >= 4 is 17.2 Å². The van der Waals surface area contributed by atoms with E-state index in [-0.39, 0.29) is 5.91 Å². The second-order valence-corrected chi connectivity index (χ2v) is 8.51. The Kier molecular flexibility index (Phi) is 5.36. The maximum absolute atomic E-state index is 12.8. The lowest BCUT2D eigenvalue weighted by molar-refractivity contribution is 0.0576. The predicted octanol–water partition coefficient (Wildman–Crippen LogP) is 4.11. The van der Waals surface area contributed by atoms with E-state index < -0.39 is 0 Å². The van der Waals surface area contributed by atoms with E-state index >= 15 is 0 Å². The number of hydrogen-bond donors (Lipinski definition) is 1. The lowest BCUT2D eigenvalue weighted by atomic mass is 9.83. The monoisotopic (exact) mass is 369 g/mol. The van der Waals surface area contributed by atoms with Gasteiger partial charge in [0.2, 0.25) is 0 Å². The summed E-state index contributed by atoms with van der Waals surface area (Å²) in [6.45, 7) is 5.20. The van der Waals surface area contributed by atoms with Crippen molar-refractivity contribution in [3.05, 3.63) is 40.9 Å². The minimum atomic E-state index is 0.0371. The van der Waals surface area contributed by atoms with E-state index in [4.69, 9.17) is 0 Å². The summed E-state index contributed by atoms with van der Waals surface area (Å²) in [4.78, 5) is 20.8. The van der Waals surface area contributed by atoms with Crippen LogP contribution in [0, 0.1) is 12.8 Å². The van der Waals surface area contributed by atoms with Gasteiger partial charge in [-0.1, -0.05) is 36.8 Å². The van der Waals surface area contributed by atoms with Crippen LogP contribution in [0.1, 0.15) is 47.5 Å². The number of aromatic nitrogens is 1. The molecule has 1 amide bonds. The Morgan fingerprint density at radius 2 is 2.00 bits per heavy atom. The Hall–Kier alpha value is -1.72. The highest BCUT2D eigenvalue weighted by Gasteiger charge is 2.33. The van der Waals surface area contributed by atoms with Crippen molar-refractivity contribution in [3.8, 4) is 10.6 Å². The van der Waals surface area contributed by atoms with Crippen LogP contribution in [0.3, 0.4) is 0 Å². The maximum Gasteiger partial charge on any atom is 0.263 e. The second-order valence-electron chi connectivity index (χ2n) is 7.51. The third-order valence-corrected chi connectivity index (χ3v) is 6.98. The van der Waals surface area contributed by atoms with E-state index in [0.717, 1.165) is 27.7 Å². The zero-order valence-electron chi connectivity index (χ0n) is 15.4. The molecule has 2 aromatic rings. The lowest BCUT2D eigenvalue weighted by Crippen LogP contribution is -2.50. The average Bonchev–Trinajstić information content (AvgIpc) is 3.08. The first-order chi connectivity index (χ1) is 12.7. The van der Waals surface area contributed by atoms with Gasteiger partial charge in [-0.15, -0.1) is 11.3 Å². The van der Waals surface area contributed by atoms with Crippen LogP contribution in [-0.4, -0.2) is 41.5 Å². The maximum atomic E-state index is 12.8. The molecule has 1 N–H and O–H groups in total. The number of thiazole rings is 1. The van der Waals surface area contributed by atoms with Crippen LogP contribution in [0.25, 0.3) is 10.6 Å². The summed E-state index contributed by atoms with van der Waals surface area (Å²) in [7, 11) is 0. The standard InChI is InChI=1S/C21H27N3OS/c1-15-19(26-21(23-15)16-8-3-2-4-9-16)20(25)22-14-17-10-7-13-24-12-6-5-11-18(17)24/h2-4,8-9,17-18H,5-7,10-14H2,1H3,(H,22,25)/t17-,18+/m0/s1. The van der Waals surface area contributed by atoms with Crippen LogP contribution in [0.15, 0.2) is 30.3 Å². The van der Waals surface area contributed by atoms with Gasteiger partial charge in [0, 0.05) is 18.2 Å². The number of fused-ring (bicyclic) bond motifs is 1. The molecule has 0 aliphatic carbocycles. The molecule has 2 atom stereocenters. The van der Waals surface area contributed by atoms with Crippen LogP contribution in [0.2, 0.25) is 0 Å². The van der Waals surface area contributed by atoms with Crippen molar-refractivity contribution in [1.29, 1.82) is 0 Å². The number of rotatable bonds is 4. The average molecular weight is 370 g/mol. The van der Waals surface area contributed by atoms with Crippen molar-refractivity contribution in [3.63, 3.8) is 0 Å². The third kappa shape index (κ3) is 3.69. The Morgan fingerprint density at radius 3 is 2.85 bits per heavy atom. The van der Waals surface area contributed by atoms with Crippen LogP contribution in [0.5, 0.6) is 0 Å². The number of benzene rings is 1. The molecule has 2 aliphatic rings. The topological polar surface area (TPSA) is 45.2 Å². The summed E-state index contributed by atoms with van der Waals surface area (Å²) >= 11 is 1.50. The minimum Gasteiger partial charge on any atom is -0.351 e. The van der Waals surface area contributed by atoms with Gasteiger partial charge in [0.25, 0.3) is 5.91 Å². The molecule has 0 unspecified atom stereocenters. The van der Waals surface area contributed by atoms with Gasteiger partial charge in [-0.05, 0) is 51.6 Å². The molecule has 0 spiro atoms.